The van der Waals surface area contributed by atoms with E-state index < -0.39 is 0 Å². The highest BCUT2D eigenvalue weighted by molar-refractivity contribution is 7.17. The quantitative estimate of drug-likeness (QED) is 0.771. The van der Waals surface area contributed by atoms with E-state index in [-0.39, 0.29) is 6.03 Å². The first-order chi connectivity index (χ1) is 9.83. The number of benzene rings is 1. The van der Waals surface area contributed by atoms with E-state index in [1.807, 2.05) is 47.8 Å². The normalized spacial score (nSPS) is 10.4. The number of fused-ring (bicyclic) bond motifs is 1. The molecule has 1 aromatic carbocycles. The summed E-state index contributed by atoms with van der Waals surface area (Å²) in [6.45, 7) is 0.411. The van der Waals surface area contributed by atoms with Gasteiger partial charge in [-0.25, -0.2) is 4.79 Å². The molecule has 0 saturated heterocycles. The molecule has 2 heterocycles. The maximum absolute atomic E-state index is 11.9. The van der Waals surface area contributed by atoms with Gasteiger partial charge in [0.05, 0.1) is 17.9 Å². The highest BCUT2D eigenvalue weighted by Crippen LogP contribution is 2.29. The lowest BCUT2D eigenvalue weighted by Gasteiger charge is -2.06. The number of amides is 2. The fourth-order valence-electron chi connectivity index (χ4n) is 1.91. The zero-order valence-corrected chi connectivity index (χ0v) is 11.5. The molecule has 0 spiro atoms. The average molecular weight is 283 g/mol. The van der Waals surface area contributed by atoms with Crippen LogP contribution in [-0.4, -0.2) is 11.0 Å². The maximum atomic E-state index is 11.9. The third kappa shape index (κ3) is 2.78. The Morgan fingerprint density at radius 3 is 2.85 bits per heavy atom. The average Bonchev–Trinajstić information content (AvgIpc) is 2.90. The van der Waals surface area contributed by atoms with Crippen molar-refractivity contribution < 1.29 is 4.79 Å². The zero-order chi connectivity index (χ0) is 13.8. The van der Waals surface area contributed by atoms with Crippen LogP contribution in [0, 0.1) is 0 Å². The van der Waals surface area contributed by atoms with E-state index in [9.17, 15) is 4.79 Å². The fraction of sp³-hybridized carbons (Fsp3) is 0.0667. The van der Waals surface area contributed by atoms with Crippen molar-refractivity contribution in [1.82, 2.24) is 10.3 Å². The lowest BCUT2D eigenvalue weighted by atomic mass is 10.2. The molecule has 0 aliphatic rings. The Hall–Kier alpha value is -2.40. The van der Waals surface area contributed by atoms with Crippen molar-refractivity contribution in [2.24, 2.45) is 0 Å². The molecule has 0 unspecified atom stereocenters. The topological polar surface area (TPSA) is 54.0 Å². The van der Waals surface area contributed by atoms with Crippen molar-refractivity contribution in [2.45, 2.75) is 6.54 Å². The maximum Gasteiger partial charge on any atom is 0.319 e. The van der Waals surface area contributed by atoms with Crippen LogP contribution >= 0.6 is 11.3 Å². The molecule has 4 nitrogen and oxygen atoms in total. The first-order valence-corrected chi connectivity index (χ1v) is 7.12. The first kappa shape index (κ1) is 12.6. The summed E-state index contributed by atoms with van der Waals surface area (Å²) >= 11 is 1.62. The molecule has 0 saturated carbocycles. The van der Waals surface area contributed by atoms with E-state index in [2.05, 4.69) is 15.6 Å². The van der Waals surface area contributed by atoms with Crippen LogP contribution in [-0.2, 0) is 6.54 Å². The Bertz CT molecular complexity index is 724. The summed E-state index contributed by atoms with van der Waals surface area (Å²) in [6.07, 6.45) is 1.71. The van der Waals surface area contributed by atoms with Gasteiger partial charge in [-0.05, 0) is 18.2 Å². The Morgan fingerprint density at radius 2 is 2.00 bits per heavy atom. The monoisotopic (exact) mass is 283 g/mol. The predicted octanol–water partition coefficient (Wildman–Crippen LogP) is 3.62. The van der Waals surface area contributed by atoms with E-state index in [1.54, 1.807) is 17.5 Å². The smallest absolute Gasteiger partial charge is 0.319 e. The van der Waals surface area contributed by atoms with Gasteiger partial charge in [-0.1, -0.05) is 24.3 Å². The van der Waals surface area contributed by atoms with Crippen LogP contribution in [0.3, 0.4) is 0 Å². The largest absolute Gasteiger partial charge is 0.332 e. The molecule has 0 aliphatic carbocycles. The van der Waals surface area contributed by atoms with Gasteiger partial charge in [-0.2, -0.15) is 0 Å². The lowest BCUT2D eigenvalue weighted by molar-refractivity contribution is 0.251. The van der Waals surface area contributed by atoms with Gasteiger partial charge >= 0.3 is 6.03 Å². The summed E-state index contributed by atoms with van der Waals surface area (Å²) in [5.41, 5.74) is 1.67. The number of hydrogen-bond donors (Lipinski definition) is 2. The second kappa shape index (κ2) is 5.71. The van der Waals surface area contributed by atoms with Crippen molar-refractivity contribution in [3.63, 3.8) is 0 Å². The standard InChI is InChI=1S/C15H13N3OS/c19-15(17-9-11-5-3-4-8-16-11)18-13-10-20-14-7-2-1-6-12(13)14/h1-8,10H,9H2,(H2,17,18,19). The molecule has 0 fully saturated rings. The summed E-state index contributed by atoms with van der Waals surface area (Å²) in [5.74, 6) is 0. The van der Waals surface area contributed by atoms with Crippen LogP contribution in [0.15, 0.2) is 54.0 Å². The van der Waals surface area contributed by atoms with Gasteiger partial charge in [0, 0.05) is 21.7 Å². The minimum absolute atomic E-state index is 0.223. The van der Waals surface area contributed by atoms with E-state index in [0.29, 0.717) is 6.54 Å². The number of carbonyl (C=O) groups is 1. The third-order valence-electron chi connectivity index (χ3n) is 2.89. The molecule has 0 aliphatic heterocycles. The highest BCUT2D eigenvalue weighted by atomic mass is 32.1. The number of urea groups is 1. The van der Waals surface area contributed by atoms with E-state index in [0.717, 1.165) is 21.5 Å². The van der Waals surface area contributed by atoms with E-state index >= 15 is 0 Å². The molecule has 0 bridgehead atoms. The van der Waals surface area contributed by atoms with Gasteiger partial charge in [-0.15, -0.1) is 11.3 Å². The Kier molecular flexibility index (Phi) is 3.60. The number of hydrogen-bond acceptors (Lipinski definition) is 3. The molecule has 2 amide bonds. The Labute approximate surface area is 120 Å². The van der Waals surface area contributed by atoms with Crippen LogP contribution < -0.4 is 10.6 Å². The van der Waals surface area contributed by atoms with Crippen LogP contribution in [0.1, 0.15) is 5.69 Å². The second-order valence-electron chi connectivity index (χ2n) is 4.27. The molecule has 0 atom stereocenters. The first-order valence-electron chi connectivity index (χ1n) is 6.24. The number of nitrogens with one attached hydrogen (secondary N) is 2. The molecular formula is C15H13N3OS. The zero-order valence-electron chi connectivity index (χ0n) is 10.7. The number of rotatable bonds is 3. The minimum Gasteiger partial charge on any atom is -0.332 e. The van der Waals surface area contributed by atoms with E-state index in [1.165, 1.54) is 0 Å². The summed E-state index contributed by atoms with van der Waals surface area (Å²) in [5, 5.41) is 8.67. The van der Waals surface area contributed by atoms with Crippen molar-refractivity contribution in [3.8, 4) is 0 Å². The molecular weight excluding hydrogens is 270 g/mol. The van der Waals surface area contributed by atoms with Gasteiger partial charge in [-0.3, -0.25) is 4.98 Å². The number of carbonyl (C=O) groups excluding carboxylic acids is 1. The van der Waals surface area contributed by atoms with Gasteiger partial charge in [0.15, 0.2) is 0 Å². The van der Waals surface area contributed by atoms with Gasteiger partial charge in [0.1, 0.15) is 0 Å². The number of aromatic nitrogens is 1. The SMILES string of the molecule is O=C(NCc1ccccn1)Nc1csc2ccccc12. The molecule has 20 heavy (non-hydrogen) atoms. The molecule has 2 aromatic heterocycles. The number of anilines is 1. The van der Waals surface area contributed by atoms with Crippen molar-refractivity contribution in [2.75, 3.05) is 5.32 Å². The van der Waals surface area contributed by atoms with Crippen molar-refractivity contribution >= 4 is 33.1 Å². The van der Waals surface area contributed by atoms with Crippen molar-refractivity contribution in [1.29, 1.82) is 0 Å². The lowest BCUT2D eigenvalue weighted by Crippen LogP contribution is -2.28. The summed E-state index contributed by atoms with van der Waals surface area (Å²) in [6, 6.07) is 13.4. The molecule has 2 N–H and O–H groups in total. The van der Waals surface area contributed by atoms with Crippen LogP contribution in [0.25, 0.3) is 10.1 Å². The summed E-state index contributed by atoms with van der Waals surface area (Å²) < 4.78 is 1.16. The molecule has 100 valence electrons. The predicted molar refractivity (Wildman–Crippen MR) is 81.9 cm³/mol. The van der Waals surface area contributed by atoms with Gasteiger partial charge in [0.25, 0.3) is 0 Å². The highest BCUT2D eigenvalue weighted by Gasteiger charge is 2.07. The minimum atomic E-state index is -0.223. The fourth-order valence-corrected chi connectivity index (χ4v) is 2.81. The molecule has 3 rings (SSSR count). The van der Waals surface area contributed by atoms with Gasteiger partial charge in [0.2, 0.25) is 0 Å². The van der Waals surface area contributed by atoms with Crippen LogP contribution in [0.2, 0.25) is 0 Å². The third-order valence-corrected chi connectivity index (χ3v) is 3.85. The summed E-state index contributed by atoms with van der Waals surface area (Å²) in [7, 11) is 0. The molecule has 3 aromatic rings. The van der Waals surface area contributed by atoms with Crippen LogP contribution in [0.4, 0.5) is 10.5 Å². The number of nitrogens with zero attached hydrogens (tertiary/aromatic N) is 1. The van der Waals surface area contributed by atoms with Gasteiger partial charge < -0.3 is 10.6 Å². The second-order valence-corrected chi connectivity index (χ2v) is 5.19. The number of pyridine rings is 1. The number of thiophene rings is 1. The molecule has 5 heteroatoms. The Balaban J connectivity index is 1.64. The van der Waals surface area contributed by atoms with E-state index in [4.69, 9.17) is 0 Å². The van der Waals surface area contributed by atoms with Crippen LogP contribution in [0.5, 0.6) is 0 Å². The summed E-state index contributed by atoms with van der Waals surface area (Å²) in [4.78, 5) is 16.0. The Morgan fingerprint density at radius 1 is 1.15 bits per heavy atom. The van der Waals surface area contributed by atoms with Crippen molar-refractivity contribution in [3.05, 3.63) is 59.7 Å². The molecule has 0 radical (unpaired) electrons.